The third kappa shape index (κ3) is 3.35. The molecule has 1 aromatic carbocycles. The number of rotatable bonds is 5. The Morgan fingerprint density at radius 3 is 2.62 bits per heavy atom. The van der Waals surface area contributed by atoms with Gasteiger partial charge in [-0.05, 0) is 37.3 Å². The van der Waals surface area contributed by atoms with Gasteiger partial charge in [0.2, 0.25) is 0 Å². The Kier molecular flexibility index (Phi) is 4.49. The number of carbonyl (C=O) groups excluding carboxylic acids is 1. The number of ether oxygens (including phenoxy) is 1. The summed E-state index contributed by atoms with van der Waals surface area (Å²) < 4.78 is 10.7. The minimum atomic E-state index is -0.352. The van der Waals surface area contributed by atoms with Crippen LogP contribution in [0.3, 0.4) is 0 Å². The summed E-state index contributed by atoms with van der Waals surface area (Å²) in [5.41, 5.74) is 3.58. The van der Waals surface area contributed by atoms with Crippen molar-refractivity contribution in [2.45, 2.75) is 13.5 Å². The minimum absolute atomic E-state index is 0.352. The fourth-order valence-electron chi connectivity index (χ4n) is 2.09. The van der Waals surface area contributed by atoms with Gasteiger partial charge in [-0.1, -0.05) is 0 Å². The molecule has 6 heteroatoms. The van der Waals surface area contributed by atoms with Crippen LogP contribution in [-0.2, 0) is 6.54 Å². The molecule has 0 bridgehead atoms. The second-order valence-electron chi connectivity index (χ2n) is 4.71. The van der Waals surface area contributed by atoms with E-state index in [1.54, 1.807) is 20.1 Å². The number of aryl methyl sites for hydroxylation is 1. The van der Waals surface area contributed by atoms with Gasteiger partial charge in [0.05, 0.1) is 19.2 Å². The third-order valence-electron chi connectivity index (χ3n) is 3.25. The first-order valence-corrected chi connectivity index (χ1v) is 6.50. The van der Waals surface area contributed by atoms with Crippen LogP contribution in [-0.4, -0.2) is 20.1 Å². The van der Waals surface area contributed by atoms with Gasteiger partial charge in [-0.2, -0.15) is 0 Å². The van der Waals surface area contributed by atoms with Crippen molar-refractivity contribution in [3.8, 4) is 5.75 Å². The molecule has 1 aromatic heterocycles. The summed E-state index contributed by atoms with van der Waals surface area (Å²) in [6.45, 7) is 2.28. The van der Waals surface area contributed by atoms with Gasteiger partial charge >= 0.3 is 0 Å². The van der Waals surface area contributed by atoms with E-state index in [9.17, 15) is 4.79 Å². The minimum Gasteiger partial charge on any atom is -0.497 e. The summed E-state index contributed by atoms with van der Waals surface area (Å²) in [5.74, 6) is 6.84. The highest BCUT2D eigenvalue weighted by atomic mass is 16.5. The van der Waals surface area contributed by atoms with Gasteiger partial charge < -0.3 is 14.1 Å². The highest BCUT2D eigenvalue weighted by Crippen LogP contribution is 2.21. The van der Waals surface area contributed by atoms with Gasteiger partial charge in [-0.3, -0.25) is 10.2 Å². The van der Waals surface area contributed by atoms with Crippen molar-refractivity contribution in [2.75, 3.05) is 19.1 Å². The largest absolute Gasteiger partial charge is 0.497 e. The molecule has 0 atom stereocenters. The van der Waals surface area contributed by atoms with Gasteiger partial charge in [-0.25, -0.2) is 5.84 Å². The zero-order valence-corrected chi connectivity index (χ0v) is 12.3. The van der Waals surface area contributed by atoms with E-state index in [2.05, 4.69) is 5.43 Å². The molecule has 0 aliphatic heterocycles. The summed E-state index contributed by atoms with van der Waals surface area (Å²) >= 11 is 0. The summed E-state index contributed by atoms with van der Waals surface area (Å²) in [6, 6.07) is 9.42. The van der Waals surface area contributed by atoms with Gasteiger partial charge in [0.25, 0.3) is 5.91 Å². The molecule has 0 aliphatic rings. The van der Waals surface area contributed by atoms with Crippen molar-refractivity contribution in [2.24, 2.45) is 5.84 Å². The van der Waals surface area contributed by atoms with Crippen molar-refractivity contribution < 1.29 is 13.9 Å². The maximum Gasteiger partial charge on any atom is 0.268 e. The van der Waals surface area contributed by atoms with Crippen molar-refractivity contribution in [1.82, 2.24) is 5.43 Å². The molecule has 0 spiro atoms. The molecule has 1 heterocycles. The Morgan fingerprint density at radius 1 is 1.38 bits per heavy atom. The standard InChI is InChI=1S/C15H19N3O3/c1-10-14(15(19)17-16)8-13(21-10)9-18(2)11-4-6-12(20-3)7-5-11/h4-8H,9,16H2,1-3H3,(H,17,19). The summed E-state index contributed by atoms with van der Waals surface area (Å²) in [5, 5.41) is 0. The molecule has 2 rings (SSSR count). The quantitative estimate of drug-likeness (QED) is 0.498. The van der Waals surface area contributed by atoms with E-state index in [0.717, 1.165) is 11.4 Å². The van der Waals surface area contributed by atoms with Gasteiger partial charge in [0.15, 0.2) is 0 Å². The van der Waals surface area contributed by atoms with E-state index in [4.69, 9.17) is 15.0 Å². The lowest BCUT2D eigenvalue weighted by Crippen LogP contribution is -2.30. The first kappa shape index (κ1) is 14.9. The molecule has 0 fully saturated rings. The number of methoxy groups -OCH3 is 1. The monoisotopic (exact) mass is 289 g/mol. The lowest BCUT2D eigenvalue weighted by atomic mass is 10.2. The molecule has 21 heavy (non-hydrogen) atoms. The number of furan rings is 1. The van der Waals surface area contributed by atoms with Crippen LogP contribution >= 0.6 is 0 Å². The van der Waals surface area contributed by atoms with Crippen LogP contribution in [0.5, 0.6) is 5.75 Å². The van der Waals surface area contributed by atoms with Crippen LogP contribution in [0.4, 0.5) is 5.69 Å². The molecule has 0 radical (unpaired) electrons. The fraction of sp³-hybridized carbons (Fsp3) is 0.267. The Morgan fingerprint density at radius 2 is 2.05 bits per heavy atom. The maximum absolute atomic E-state index is 11.6. The predicted molar refractivity (Wildman–Crippen MR) is 80.2 cm³/mol. The number of nitrogen functional groups attached to an aromatic ring is 1. The number of hydrogen-bond donors (Lipinski definition) is 2. The molecule has 2 aromatic rings. The smallest absolute Gasteiger partial charge is 0.268 e. The molecular weight excluding hydrogens is 270 g/mol. The van der Waals surface area contributed by atoms with Crippen LogP contribution in [0.25, 0.3) is 0 Å². The van der Waals surface area contributed by atoms with E-state index < -0.39 is 0 Å². The van der Waals surface area contributed by atoms with E-state index >= 15 is 0 Å². The number of benzene rings is 1. The molecule has 0 saturated heterocycles. The van der Waals surface area contributed by atoms with Crippen molar-refractivity contribution >= 4 is 11.6 Å². The predicted octanol–water partition coefficient (Wildman–Crippen LogP) is 1.84. The van der Waals surface area contributed by atoms with E-state index in [0.29, 0.717) is 23.6 Å². The average molecular weight is 289 g/mol. The molecule has 1 amide bonds. The van der Waals surface area contributed by atoms with Gasteiger partial charge in [0.1, 0.15) is 17.3 Å². The SMILES string of the molecule is COc1ccc(N(C)Cc2cc(C(=O)NN)c(C)o2)cc1. The maximum atomic E-state index is 11.6. The van der Waals surface area contributed by atoms with Crippen molar-refractivity contribution in [3.05, 3.63) is 47.4 Å². The second-order valence-corrected chi connectivity index (χ2v) is 4.71. The number of amides is 1. The summed E-state index contributed by atoms with van der Waals surface area (Å²) in [7, 11) is 3.58. The number of anilines is 1. The lowest BCUT2D eigenvalue weighted by Gasteiger charge is -2.18. The molecule has 6 nitrogen and oxygen atoms in total. The first-order valence-electron chi connectivity index (χ1n) is 6.50. The van der Waals surface area contributed by atoms with Crippen LogP contribution in [0.15, 0.2) is 34.7 Å². The van der Waals surface area contributed by atoms with E-state index in [1.807, 2.05) is 36.2 Å². The Hall–Kier alpha value is -2.47. The summed E-state index contributed by atoms with van der Waals surface area (Å²) in [6.07, 6.45) is 0. The zero-order valence-electron chi connectivity index (χ0n) is 12.3. The van der Waals surface area contributed by atoms with E-state index in [1.165, 1.54) is 0 Å². The van der Waals surface area contributed by atoms with Crippen molar-refractivity contribution in [3.63, 3.8) is 0 Å². The number of nitrogens with one attached hydrogen (secondary N) is 1. The highest BCUT2D eigenvalue weighted by Gasteiger charge is 2.15. The molecule has 0 saturated carbocycles. The molecule has 0 unspecified atom stereocenters. The lowest BCUT2D eigenvalue weighted by molar-refractivity contribution is 0.0952. The second kappa shape index (κ2) is 6.32. The van der Waals surface area contributed by atoms with Crippen molar-refractivity contribution in [1.29, 1.82) is 0 Å². The number of nitrogens with zero attached hydrogens (tertiary/aromatic N) is 1. The van der Waals surface area contributed by atoms with Gasteiger partial charge in [0, 0.05) is 12.7 Å². The molecule has 3 N–H and O–H groups in total. The summed E-state index contributed by atoms with van der Waals surface area (Å²) in [4.78, 5) is 13.6. The molecule has 0 aliphatic carbocycles. The molecule has 112 valence electrons. The number of hydrazine groups is 1. The normalized spacial score (nSPS) is 10.3. The topological polar surface area (TPSA) is 80.7 Å². The van der Waals surface area contributed by atoms with Crippen LogP contribution in [0.1, 0.15) is 21.9 Å². The van der Waals surface area contributed by atoms with E-state index in [-0.39, 0.29) is 5.91 Å². The van der Waals surface area contributed by atoms with Crippen LogP contribution in [0, 0.1) is 6.92 Å². The van der Waals surface area contributed by atoms with Crippen LogP contribution in [0.2, 0.25) is 0 Å². The zero-order chi connectivity index (χ0) is 15.4. The third-order valence-corrected chi connectivity index (χ3v) is 3.25. The number of nitrogens with two attached hydrogens (primary N) is 1. The first-order chi connectivity index (χ1) is 10.0. The Balaban J connectivity index is 2.11. The number of hydrogen-bond acceptors (Lipinski definition) is 5. The highest BCUT2D eigenvalue weighted by molar-refractivity contribution is 5.94. The fourth-order valence-corrected chi connectivity index (χ4v) is 2.09. The molecular formula is C15H19N3O3. The van der Waals surface area contributed by atoms with Crippen LogP contribution < -0.4 is 20.9 Å². The Labute approximate surface area is 123 Å². The Bertz CT molecular complexity index is 620. The van der Waals surface area contributed by atoms with Gasteiger partial charge in [-0.15, -0.1) is 0 Å². The average Bonchev–Trinajstić information content (AvgIpc) is 2.87. The number of carbonyl (C=O) groups is 1.